The lowest BCUT2D eigenvalue weighted by Crippen LogP contribution is -2.51. The highest BCUT2D eigenvalue weighted by molar-refractivity contribution is 5.82. The van der Waals surface area contributed by atoms with Gasteiger partial charge in [-0.3, -0.25) is 0 Å². The smallest absolute Gasteiger partial charge is 0.326 e. The molecule has 0 aromatic heterocycles. The normalized spacial score (nSPS) is 14.3. The molecule has 6 heteroatoms. The van der Waals surface area contributed by atoms with E-state index in [4.69, 9.17) is 9.84 Å². The summed E-state index contributed by atoms with van der Waals surface area (Å²) in [7, 11) is 1.56. The van der Waals surface area contributed by atoms with E-state index >= 15 is 0 Å². The maximum Gasteiger partial charge on any atom is 0.326 e. The molecule has 0 aliphatic carbocycles. The van der Waals surface area contributed by atoms with Gasteiger partial charge in [0.1, 0.15) is 6.04 Å². The van der Waals surface area contributed by atoms with Gasteiger partial charge in [0.05, 0.1) is 12.6 Å². The topological polar surface area (TPSA) is 87.7 Å². The van der Waals surface area contributed by atoms with E-state index in [-0.39, 0.29) is 17.9 Å². The molecule has 0 aliphatic rings. The van der Waals surface area contributed by atoms with Crippen molar-refractivity contribution in [2.75, 3.05) is 13.7 Å². The number of hydrogen-bond donors (Lipinski definition) is 3. The first-order valence-corrected chi connectivity index (χ1v) is 6.56. The second kappa shape index (κ2) is 8.74. The molecule has 2 amide bonds. The third kappa shape index (κ3) is 7.66. The molecule has 0 rings (SSSR count). The Bertz CT molecular complexity index is 292. The summed E-state index contributed by atoms with van der Waals surface area (Å²) in [5.41, 5.74) is 0. The number of amides is 2. The molecule has 0 heterocycles. The van der Waals surface area contributed by atoms with Crippen molar-refractivity contribution >= 4 is 12.0 Å². The standard InChI is InChI=1S/C13H26N2O4/c1-8(2)6-10(12(16)17)14-13(18)15-11(7-19-5)9(3)4/h8-11H,6-7H2,1-5H3,(H,16,17)(H2,14,15,18)/t10-,11?/m0/s1. The summed E-state index contributed by atoms with van der Waals surface area (Å²) in [5.74, 6) is -0.614. The molecule has 3 N–H and O–H groups in total. The molecule has 0 radical (unpaired) electrons. The monoisotopic (exact) mass is 274 g/mol. The second-order valence-corrected chi connectivity index (χ2v) is 5.44. The van der Waals surface area contributed by atoms with Crippen molar-refractivity contribution in [2.45, 2.75) is 46.2 Å². The molecule has 0 saturated heterocycles. The van der Waals surface area contributed by atoms with Crippen molar-refractivity contribution in [2.24, 2.45) is 11.8 Å². The van der Waals surface area contributed by atoms with Gasteiger partial charge in [0.15, 0.2) is 0 Å². The number of methoxy groups -OCH3 is 1. The first-order chi connectivity index (χ1) is 8.77. The molecule has 0 saturated carbocycles. The molecule has 2 atom stereocenters. The minimum atomic E-state index is -1.02. The minimum absolute atomic E-state index is 0.140. The predicted octanol–water partition coefficient (Wildman–Crippen LogP) is 1.46. The zero-order chi connectivity index (χ0) is 15.0. The Hall–Kier alpha value is -1.30. The highest BCUT2D eigenvalue weighted by Crippen LogP contribution is 2.06. The number of carbonyl (C=O) groups excluding carboxylic acids is 1. The van der Waals surface area contributed by atoms with Crippen LogP contribution in [0.15, 0.2) is 0 Å². The van der Waals surface area contributed by atoms with Crippen LogP contribution >= 0.6 is 0 Å². The molecule has 6 nitrogen and oxygen atoms in total. The number of carboxylic acids is 1. The third-order valence-corrected chi connectivity index (χ3v) is 2.78. The summed E-state index contributed by atoms with van der Waals surface area (Å²) in [5, 5.41) is 14.3. The molecule has 0 aromatic rings. The van der Waals surface area contributed by atoms with Gasteiger partial charge in [0, 0.05) is 7.11 Å². The maximum absolute atomic E-state index is 11.8. The Morgan fingerprint density at radius 1 is 1.16 bits per heavy atom. The summed E-state index contributed by atoms with van der Waals surface area (Å²) in [4.78, 5) is 22.8. The van der Waals surface area contributed by atoms with Gasteiger partial charge in [-0.2, -0.15) is 0 Å². The number of urea groups is 1. The van der Waals surface area contributed by atoms with Crippen LogP contribution < -0.4 is 10.6 Å². The Labute approximate surface area is 114 Å². The van der Waals surface area contributed by atoms with Gasteiger partial charge in [-0.1, -0.05) is 27.7 Å². The maximum atomic E-state index is 11.8. The van der Waals surface area contributed by atoms with Gasteiger partial charge in [-0.15, -0.1) is 0 Å². The van der Waals surface area contributed by atoms with Crippen LogP contribution in [-0.2, 0) is 9.53 Å². The highest BCUT2D eigenvalue weighted by atomic mass is 16.5. The number of nitrogens with one attached hydrogen (secondary N) is 2. The lowest BCUT2D eigenvalue weighted by atomic mass is 10.0. The molecule has 19 heavy (non-hydrogen) atoms. The fourth-order valence-electron chi connectivity index (χ4n) is 1.64. The third-order valence-electron chi connectivity index (χ3n) is 2.78. The number of aliphatic carboxylic acids is 1. The molecule has 0 aliphatic heterocycles. The summed E-state index contributed by atoms with van der Waals surface area (Å²) in [6.45, 7) is 8.15. The van der Waals surface area contributed by atoms with Gasteiger partial charge in [0.2, 0.25) is 0 Å². The van der Waals surface area contributed by atoms with Gasteiger partial charge in [-0.25, -0.2) is 9.59 Å². The Morgan fingerprint density at radius 2 is 1.74 bits per heavy atom. The molecule has 1 unspecified atom stereocenters. The lowest BCUT2D eigenvalue weighted by molar-refractivity contribution is -0.139. The van der Waals surface area contributed by atoms with E-state index in [9.17, 15) is 9.59 Å². The molecular formula is C13H26N2O4. The fourth-order valence-corrected chi connectivity index (χ4v) is 1.64. The first-order valence-electron chi connectivity index (χ1n) is 6.56. The van der Waals surface area contributed by atoms with Crippen molar-refractivity contribution in [3.63, 3.8) is 0 Å². The second-order valence-electron chi connectivity index (χ2n) is 5.44. The van der Waals surface area contributed by atoms with Crippen molar-refractivity contribution in [1.29, 1.82) is 0 Å². The number of carboxylic acid groups (broad SMARTS) is 1. The quantitative estimate of drug-likeness (QED) is 0.625. The minimum Gasteiger partial charge on any atom is -0.480 e. The summed E-state index contributed by atoms with van der Waals surface area (Å²) >= 11 is 0. The molecular weight excluding hydrogens is 248 g/mol. The van der Waals surface area contributed by atoms with Crippen molar-refractivity contribution in [1.82, 2.24) is 10.6 Å². The SMILES string of the molecule is COCC(NC(=O)N[C@@H](CC(C)C)C(=O)O)C(C)C. The van der Waals surface area contributed by atoms with Crippen LogP contribution in [0.1, 0.15) is 34.1 Å². The average molecular weight is 274 g/mol. The Balaban J connectivity index is 4.43. The van der Waals surface area contributed by atoms with Crippen molar-refractivity contribution in [3.8, 4) is 0 Å². The summed E-state index contributed by atoms with van der Waals surface area (Å²) < 4.78 is 5.02. The van der Waals surface area contributed by atoms with Crippen LogP contribution in [0.25, 0.3) is 0 Å². The Kier molecular flexibility index (Phi) is 8.14. The molecule has 0 bridgehead atoms. The first kappa shape index (κ1) is 17.7. The van der Waals surface area contributed by atoms with Gasteiger partial charge in [-0.05, 0) is 18.3 Å². The fraction of sp³-hybridized carbons (Fsp3) is 0.846. The van der Waals surface area contributed by atoms with Crippen LogP contribution in [0.3, 0.4) is 0 Å². The van der Waals surface area contributed by atoms with Gasteiger partial charge in [0.25, 0.3) is 0 Å². The van der Waals surface area contributed by atoms with E-state index in [0.717, 1.165) is 0 Å². The van der Waals surface area contributed by atoms with Crippen LogP contribution in [0.5, 0.6) is 0 Å². The lowest BCUT2D eigenvalue weighted by Gasteiger charge is -2.23. The summed E-state index contributed by atoms with van der Waals surface area (Å²) in [6.07, 6.45) is 0.402. The molecule has 0 aromatic carbocycles. The highest BCUT2D eigenvalue weighted by Gasteiger charge is 2.23. The van der Waals surface area contributed by atoms with Crippen LogP contribution in [0, 0.1) is 11.8 Å². The number of rotatable bonds is 8. The predicted molar refractivity (Wildman–Crippen MR) is 73.0 cm³/mol. The van der Waals surface area contributed by atoms with Gasteiger partial charge >= 0.3 is 12.0 Å². The van der Waals surface area contributed by atoms with Crippen LogP contribution in [0.2, 0.25) is 0 Å². The van der Waals surface area contributed by atoms with E-state index < -0.39 is 18.0 Å². The van der Waals surface area contributed by atoms with E-state index in [2.05, 4.69) is 10.6 Å². The average Bonchev–Trinajstić information content (AvgIpc) is 2.26. The van der Waals surface area contributed by atoms with Crippen LogP contribution in [-0.4, -0.2) is 42.9 Å². The number of hydrogen-bond acceptors (Lipinski definition) is 3. The molecule has 0 spiro atoms. The molecule has 112 valence electrons. The summed E-state index contributed by atoms with van der Waals surface area (Å²) in [6, 6.07) is -1.47. The van der Waals surface area contributed by atoms with E-state index in [1.165, 1.54) is 0 Å². The molecule has 0 fully saturated rings. The zero-order valence-electron chi connectivity index (χ0n) is 12.4. The van der Waals surface area contributed by atoms with E-state index in [1.54, 1.807) is 7.11 Å². The largest absolute Gasteiger partial charge is 0.480 e. The van der Waals surface area contributed by atoms with E-state index in [1.807, 2.05) is 27.7 Å². The Morgan fingerprint density at radius 3 is 2.11 bits per heavy atom. The zero-order valence-corrected chi connectivity index (χ0v) is 12.4. The van der Waals surface area contributed by atoms with Crippen molar-refractivity contribution < 1.29 is 19.4 Å². The van der Waals surface area contributed by atoms with Crippen molar-refractivity contribution in [3.05, 3.63) is 0 Å². The van der Waals surface area contributed by atoms with E-state index in [0.29, 0.717) is 13.0 Å². The number of carbonyl (C=O) groups is 2. The van der Waals surface area contributed by atoms with Crippen LogP contribution in [0.4, 0.5) is 4.79 Å². The number of ether oxygens (including phenoxy) is 1. The van der Waals surface area contributed by atoms with Gasteiger partial charge < -0.3 is 20.5 Å².